The normalized spacial score (nSPS) is 11.6. The van der Waals surface area contributed by atoms with Gasteiger partial charge in [-0.1, -0.05) is 35.9 Å². The molecule has 2 aromatic carbocycles. The zero-order chi connectivity index (χ0) is 14.0. The Labute approximate surface area is 118 Å². The van der Waals surface area contributed by atoms with Crippen LogP contribution in [0.25, 0.3) is 11.1 Å². The van der Waals surface area contributed by atoms with Crippen LogP contribution in [0.15, 0.2) is 42.5 Å². The highest BCUT2D eigenvalue weighted by Gasteiger charge is 2.30. The molecule has 0 aliphatic carbocycles. The van der Waals surface area contributed by atoms with Crippen LogP contribution in [0, 0.1) is 0 Å². The molecule has 0 amide bonds. The summed E-state index contributed by atoms with van der Waals surface area (Å²) in [6.07, 6.45) is -4.37. The van der Waals surface area contributed by atoms with Crippen LogP contribution in [0.3, 0.4) is 0 Å². The Morgan fingerprint density at radius 1 is 1.00 bits per heavy atom. The van der Waals surface area contributed by atoms with Crippen molar-refractivity contribution in [3.05, 3.63) is 58.6 Å². The number of hydrogen-bond acceptors (Lipinski definition) is 0. The second-order valence-electron chi connectivity index (χ2n) is 3.98. The van der Waals surface area contributed by atoms with Crippen LogP contribution < -0.4 is 0 Å². The molecule has 19 heavy (non-hydrogen) atoms. The highest BCUT2D eigenvalue weighted by atomic mass is 35.5. The van der Waals surface area contributed by atoms with Gasteiger partial charge in [-0.25, -0.2) is 0 Å². The van der Waals surface area contributed by atoms with Crippen molar-refractivity contribution in [1.29, 1.82) is 0 Å². The molecule has 0 radical (unpaired) electrons. The maximum Gasteiger partial charge on any atom is 0.416 e. The van der Waals surface area contributed by atoms with Crippen molar-refractivity contribution in [1.82, 2.24) is 0 Å². The number of rotatable bonds is 2. The molecular weight excluding hydrogens is 296 g/mol. The van der Waals surface area contributed by atoms with E-state index in [0.717, 1.165) is 12.1 Å². The van der Waals surface area contributed by atoms with Crippen molar-refractivity contribution < 1.29 is 13.2 Å². The summed E-state index contributed by atoms with van der Waals surface area (Å²) in [5.41, 5.74) is 1.01. The zero-order valence-corrected chi connectivity index (χ0v) is 11.2. The molecule has 0 fully saturated rings. The number of hydrogen-bond donors (Lipinski definition) is 0. The van der Waals surface area contributed by atoms with E-state index in [1.165, 1.54) is 6.07 Å². The summed E-state index contributed by atoms with van der Waals surface area (Å²) in [5, 5.41) is 0.449. The molecule has 100 valence electrons. The summed E-state index contributed by atoms with van der Waals surface area (Å²) < 4.78 is 38.1. The molecule has 0 unspecified atom stereocenters. The summed E-state index contributed by atoms with van der Waals surface area (Å²) in [6, 6.07) is 10.2. The highest BCUT2D eigenvalue weighted by molar-refractivity contribution is 6.32. The van der Waals surface area contributed by atoms with Gasteiger partial charge in [-0.3, -0.25) is 0 Å². The molecular formula is C14H9Cl2F3. The fraction of sp³-hybridized carbons (Fsp3) is 0.143. The average molecular weight is 305 g/mol. The Morgan fingerprint density at radius 3 is 2.32 bits per heavy atom. The molecule has 0 heterocycles. The van der Waals surface area contributed by atoms with Crippen molar-refractivity contribution >= 4 is 23.2 Å². The Balaban J connectivity index is 2.57. The molecule has 0 aliphatic heterocycles. The third-order valence-electron chi connectivity index (χ3n) is 2.75. The van der Waals surface area contributed by atoms with E-state index in [1.54, 1.807) is 24.3 Å². The van der Waals surface area contributed by atoms with Gasteiger partial charge in [-0.15, -0.1) is 11.6 Å². The third kappa shape index (κ3) is 3.04. The Bertz CT molecular complexity index is 591. The number of halogens is 5. The van der Waals surface area contributed by atoms with Crippen LogP contribution in [0.2, 0.25) is 5.02 Å². The van der Waals surface area contributed by atoms with Crippen molar-refractivity contribution in [2.45, 2.75) is 12.1 Å². The fourth-order valence-corrected chi connectivity index (χ4v) is 2.43. The van der Waals surface area contributed by atoms with Crippen LogP contribution in [-0.2, 0) is 12.1 Å². The first-order chi connectivity index (χ1) is 8.93. The van der Waals surface area contributed by atoms with Gasteiger partial charge in [0.1, 0.15) is 0 Å². The fourth-order valence-electron chi connectivity index (χ4n) is 1.83. The summed E-state index contributed by atoms with van der Waals surface area (Å²) >= 11 is 11.8. The van der Waals surface area contributed by atoms with Crippen molar-refractivity contribution in [2.24, 2.45) is 0 Å². The molecule has 2 aromatic rings. The van der Waals surface area contributed by atoms with Crippen molar-refractivity contribution in [3.63, 3.8) is 0 Å². The molecule has 0 bridgehead atoms. The molecule has 0 aliphatic rings. The molecule has 0 atom stereocenters. The van der Waals surface area contributed by atoms with E-state index < -0.39 is 11.7 Å². The molecule has 0 spiro atoms. The van der Waals surface area contributed by atoms with Crippen LogP contribution in [0.1, 0.15) is 11.1 Å². The highest BCUT2D eigenvalue weighted by Crippen LogP contribution is 2.35. The molecule has 5 heteroatoms. The van der Waals surface area contributed by atoms with Gasteiger partial charge in [0.2, 0.25) is 0 Å². The maximum atomic E-state index is 12.7. The van der Waals surface area contributed by atoms with E-state index in [2.05, 4.69) is 0 Å². The molecule has 0 nitrogen and oxygen atoms in total. The van der Waals surface area contributed by atoms with Gasteiger partial charge in [0.05, 0.1) is 5.56 Å². The Hall–Kier alpha value is -1.19. The summed E-state index contributed by atoms with van der Waals surface area (Å²) in [6.45, 7) is 0. The van der Waals surface area contributed by atoms with Crippen LogP contribution in [0.4, 0.5) is 13.2 Å². The van der Waals surface area contributed by atoms with Gasteiger partial charge >= 0.3 is 6.18 Å². The lowest BCUT2D eigenvalue weighted by molar-refractivity contribution is -0.137. The largest absolute Gasteiger partial charge is 0.416 e. The van der Waals surface area contributed by atoms with Gasteiger partial charge in [0, 0.05) is 10.9 Å². The topological polar surface area (TPSA) is 0 Å². The van der Waals surface area contributed by atoms with E-state index in [0.29, 0.717) is 21.7 Å². The van der Waals surface area contributed by atoms with Crippen molar-refractivity contribution in [3.8, 4) is 11.1 Å². The van der Waals surface area contributed by atoms with Gasteiger partial charge in [-0.05, 0) is 34.9 Å². The van der Waals surface area contributed by atoms with E-state index in [-0.39, 0.29) is 5.88 Å². The van der Waals surface area contributed by atoms with E-state index in [4.69, 9.17) is 23.2 Å². The third-order valence-corrected chi connectivity index (χ3v) is 3.37. The minimum atomic E-state index is -4.37. The molecule has 0 saturated carbocycles. The molecule has 0 aromatic heterocycles. The van der Waals surface area contributed by atoms with Crippen LogP contribution in [-0.4, -0.2) is 0 Å². The van der Waals surface area contributed by atoms with Crippen LogP contribution in [0.5, 0.6) is 0 Å². The van der Waals surface area contributed by atoms with Crippen molar-refractivity contribution in [2.75, 3.05) is 0 Å². The minimum Gasteiger partial charge on any atom is -0.166 e. The zero-order valence-electron chi connectivity index (χ0n) is 9.64. The monoisotopic (exact) mass is 304 g/mol. The standard InChI is InChI=1S/C14H9Cl2F3/c15-8-12-11(5-2-6-13(12)16)9-3-1-4-10(7-9)14(17,18)19/h1-7H,8H2. The number of benzene rings is 2. The number of alkyl halides is 4. The predicted octanol–water partition coefficient (Wildman–Crippen LogP) is 5.76. The van der Waals surface area contributed by atoms with Gasteiger partial charge < -0.3 is 0 Å². The Kier molecular flexibility index (Phi) is 4.07. The van der Waals surface area contributed by atoms with Gasteiger partial charge in [-0.2, -0.15) is 13.2 Å². The SMILES string of the molecule is FC(F)(F)c1cccc(-c2cccc(Cl)c2CCl)c1. The van der Waals surface area contributed by atoms with Gasteiger partial charge in [0.15, 0.2) is 0 Å². The second-order valence-corrected chi connectivity index (χ2v) is 4.65. The summed E-state index contributed by atoms with van der Waals surface area (Å²) in [5.74, 6) is 0.144. The van der Waals surface area contributed by atoms with E-state index in [9.17, 15) is 13.2 Å². The maximum absolute atomic E-state index is 12.7. The van der Waals surface area contributed by atoms with Crippen LogP contribution >= 0.6 is 23.2 Å². The average Bonchev–Trinajstić information content (AvgIpc) is 2.37. The smallest absolute Gasteiger partial charge is 0.166 e. The molecule has 2 rings (SSSR count). The first kappa shape index (κ1) is 14.2. The lowest BCUT2D eigenvalue weighted by atomic mass is 9.98. The van der Waals surface area contributed by atoms with E-state index >= 15 is 0 Å². The lowest BCUT2D eigenvalue weighted by Gasteiger charge is -2.12. The predicted molar refractivity (Wildman–Crippen MR) is 71.4 cm³/mol. The molecule has 0 saturated heterocycles. The second kappa shape index (κ2) is 5.43. The van der Waals surface area contributed by atoms with Gasteiger partial charge in [0.25, 0.3) is 0 Å². The summed E-state index contributed by atoms with van der Waals surface area (Å²) in [7, 11) is 0. The van der Waals surface area contributed by atoms with E-state index in [1.807, 2.05) is 0 Å². The quantitative estimate of drug-likeness (QED) is 0.618. The summed E-state index contributed by atoms with van der Waals surface area (Å²) in [4.78, 5) is 0. The first-order valence-corrected chi connectivity index (χ1v) is 6.35. The lowest BCUT2D eigenvalue weighted by Crippen LogP contribution is -2.04. The Morgan fingerprint density at radius 2 is 1.68 bits per heavy atom. The first-order valence-electron chi connectivity index (χ1n) is 5.44. The molecule has 0 N–H and O–H groups in total. The minimum absolute atomic E-state index is 0.144.